The molecule has 2 atom stereocenters. The van der Waals surface area contributed by atoms with Crippen LogP contribution in [0, 0.1) is 5.92 Å². The summed E-state index contributed by atoms with van der Waals surface area (Å²) in [5, 5.41) is 3.63. The lowest BCUT2D eigenvalue weighted by Gasteiger charge is -2.20. The predicted molar refractivity (Wildman–Crippen MR) is 115 cm³/mol. The molecule has 1 amide bonds. The molecule has 5 rings (SSSR count). The average molecular weight is 476 g/mol. The maximum atomic E-state index is 13.0. The number of ether oxygens (including phenoxy) is 1. The molecule has 12 heteroatoms. The molecule has 1 aliphatic carbocycles. The Kier molecular flexibility index (Phi) is 5.39. The monoisotopic (exact) mass is 476 g/mol. The fourth-order valence-electron chi connectivity index (χ4n) is 3.68. The van der Waals surface area contributed by atoms with Gasteiger partial charge in [-0.1, -0.05) is 0 Å². The van der Waals surface area contributed by atoms with Crippen LogP contribution in [0.5, 0.6) is 0 Å². The number of hydrogen-bond acceptors (Lipinski definition) is 8. The Bertz CT molecular complexity index is 1180. The number of aromatic nitrogens is 4. The van der Waals surface area contributed by atoms with Crippen LogP contribution in [0.4, 0.5) is 29.7 Å². The summed E-state index contributed by atoms with van der Waals surface area (Å²) in [6, 6.07) is 3.88. The Morgan fingerprint density at radius 1 is 1.21 bits per heavy atom. The minimum Gasteiger partial charge on any atom is -0.447 e. The number of amides is 1. The maximum absolute atomic E-state index is 13.0. The number of carbonyl (C=O) groups is 1. The molecule has 0 aromatic carbocycles. The Balaban J connectivity index is 1.32. The van der Waals surface area contributed by atoms with Crippen LogP contribution in [0.1, 0.15) is 36.4 Å². The SMILES string of the molecule is C[C@H](Nc1nccc(N2C(=O)OCC2C2CC2)n1)c1cnc(-c2ccnc(C(F)(F)F)c2)s1. The smallest absolute Gasteiger partial charge is 0.433 e. The maximum Gasteiger partial charge on any atom is 0.433 e. The number of pyridine rings is 1. The van der Waals surface area contributed by atoms with E-state index in [-0.39, 0.29) is 12.1 Å². The largest absolute Gasteiger partial charge is 0.447 e. The minimum atomic E-state index is -4.52. The number of halogens is 3. The van der Waals surface area contributed by atoms with Crippen molar-refractivity contribution in [3.05, 3.63) is 47.4 Å². The summed E-state index contributed by atoms with van der Waals surface area (Å²) in [6.07, 6.45) is 1.51. The zero-order valence-electron chi connectivity index (χ0n) is 17.4. The predicted octanol–water partition coefficient (Wildman–Crippen LogP) is 4.92. The molecule has 172 valence electrons. The van der Waals surface area contributed by atoms with Gasteiger partial charge in [-0.25, -0.2) is 14.8 Å². The lowest BCUT2D eigenvalue weighted by Crippen LogP contribution is -2.35. The molecule has 3 aromatic rings. The van der Waals surface area contributed by atoms with Crippen molar-refractivity contribution < 1.29 is 22.7 Å². The van der Waals surface area contributed by atoms with Crippen LogP contribution in [0.3, 0.4) is 0 Å². The molecule has 2 aliphatic rings. The first kappa shape index (κ1) is 21.6. The molecule has 1 aliphatic heterocycles. The first-order valence-corrected chi connectivity index (χ1v) is 11.2. The third kappa shape index (κ3) is 4.47. The van der Waals surface area contributed by atoms with Crippen molar-refractivity contribution in [2.75, 3.05) is 16.8 Å². The third-order valence-electron chi connectivity index (χ3n) is 5.55. The van der Waals surface area contributed by atoms with E-state index in [1.807, 2.05) is 6.92 Å². The van der Waals surface area contributed by atoms with E-state index in [1.54, 1.807) is 23.4 Å². The summed E-state index contributed by atoms with van der Waals surface area (Å²) in [4.78, 5) is 31.0. The van der Waals surface area contributed by atoms with Crippen molar-refractivity contribution in [2.24, 2.45) is 5.92 Å². The minimum absolute atomic E-state index is 0.0105. The van der Waals surface area contributed by atoms with Crippen LogP contribution in [0.15, 0.2) is 36.8 Å². The summed E-state index contributed by atoms with van der Waals surface area (Å²) in [5.74, 6) is 1.23. The van der Waals surface area contributed by atoms with Gasteiger partial charge in [-0.15, -0.1) is 11.3 Å². The third-order valence-corrected chi connectivity index (χ3v) is 6.78. The Morgan fingerprint density at radius 2 is 2.00 bits per heavy atom. The van der Waals surface area contributed by atoms with E-state index >= 15 is 0 Å². The van der Waals surface area contributed by atoms with E-state index in [4.69, 9.17) is 4.74 Å². The number of alkyl halides is 3. The number of nitrogens with one attached hydrogen (secondary N) is 1. The summed E-state index contributed by atoms with van der Waals surface area (Å²) < 4.78 is 44.1. The molecule has 1 unspecified atom stereocenters. The topological polar surface area (TPSA) is 93.1 Å². The second-order valence-corrected chi connectivity index (χ2v) is 9.01. The zero-order valence-corrected chi connectivity index (χ0v) is 18.2. The fourth-order valence-corrected chi connectivity index (χ4v) is 4.60. The van der Waals surface area contributed by atoms with Gasteiger partial charge in [0.25, 0.3) is 0 Å². The van der Waals surface area contributed by atoms with Crippen LogP contribution in [-0.2, 0) is 10.9 Å². The van der Waals surface area contributed by atoms with E-state index < -0.39 is 18.0 Å². The van der Waals surface area contributed by atoms with E-state index in [9.17, 15) is 18.0 Å². The Morgan fingerprint density at radius 3 is 2.76 bits per heavy atom. The quantitative estimate of drug-likeness (QED) is 0.540. The molecule has 4 heterocycles. The van der Waals surface area contributed by atoms with Gasteiger partial charge in [0.05, 0.1) is 12.1 Å². The Hall–Kier alpha value is -3.28. The van der Waals surface area contributed by atoms with Gasteiger partial charge in [-0.3, -0.25) is 9.88 Å². The van der Waals surface area contributed by atoms with E-state index in [0.29, 0.717) is 34.9 Å². The number of carbonyl (C=O) groups excluding carboxylic acids is 1. The highest BCUT2D eigenvalue weighted by Crippen LogP contribution is 2.39. The average Bonchev–Trinajstić information content (AvgIpc) is 3.37. The molecule has 1 saturated heterocycles. The van der Waals surface area contributed by atoms with Crippen molar-refractivity contribution in [1.82, 2.24) is 19.9 Å². The van der Waals surface area contributed by atoms with Crippen LogP contribution in [0.2, 0.25) is 0 Å². The second-order valence-electron chi connectivity index (χ2n) is 7.95. The molecular weight excluding hydrogens is 457 g/mol. The Labute approximate surface area is 190 Å². The molecule has 1 N–H and O–H groups in total. The molecule has 3 aromatic heterocycles. The lowest BCUT2D eigenvalue weighted by atomic mass is 10.2. The summed E-state index contributed by atoms with van der Waals surface area (Å²) in [5.41, 5.74) is -0.615. The van der Waals surface area contributed by atoms with Gasteiger partial charge in [0.2, 0.25) is 5.95 Å². The van der Waals surface area contributed by atoms with Crippen molar-refractivity contribution >= 4 is 29.2 Å². The highest BCUT2D eigenvalue weighted by Gasteiger charge is 2.44. The molecular formula is C21H19F3N6O2S. The normalized spacial score (nSPS) is 19.5. The number of rotatable bonds is 6. The lowest BCUT2D eigenvalue weighted by molar-refractivity contribution is -0.141. The fraction of sp³-hybridized carbons (Fsp3) is 0.381. The van der Waals surface area contributed by atoms with Gasteiger partial charge >= 0.3 is 12.3 Å². The number of nitrogens with zero attached hydrogens (tertiary/aromatic N) is 5. The summed E-state index contributed by atoms with van der Waals surface area (Å²) in [6.45, 7) is 2.24. The van der Waals surface area contributed by atoms with Crippen molar-refractivity contribution in [1.29, 1.82) is 0 Å². The van der Waals surface area contributed by atoms with Gasteiger partial charge in [0, 0.05) is 29.0 Å². The van der Waals surface area contributed by atoms with Crippen LogP contribution < -0.4 is 10.2 Å². The molecule has 0 bridgehead atoms. The molecule has 8 nitrogen and oxygen atoms in total. The summed E-state index contributed by atoms with van der Waals surface area (Å²) in [7, 11) is 0. The van der Waals surface area contributed by atoms with Gasteiger partial charge in [-0.2, -0.15) is 18.2 Å². The molecule has 33 heavy (non-hydrogen) atoms. The first-order chi connectivity index (χ1) is 15.8. The molecule has 1 saturated carbocycles. The van der Waals surface area contributed by atoms with Crippen LogP contribution >= 0.6 is 11.3 Å². The van der Waals surface area contributed by atoms with Crippen molar-refractivity contribution in [3.63, 3.8) is 0 Å². The highest BCUT2D eigenvalue weighted by molar-refractivity contribution is 7.15. The second kappa shape index (κ2) is 8.25. The van der Waals surface area contributed by atoms with Gasteiger partial charge in [0.15, 0.2) is 0 Å². The van der Waals surface area contributed by atoms with Gasteiger partial charge in [-0.05, 0) is 43.9 Å². The zero-order chi connectivity index (χ0) is 23.2. The van der Waals surface area contributed by atoms with Crippen LogP contribution in [-0.4, -0.2) is 38.7 Å². The van der Waals surface area contributed by atoms with Crippen molar-refractivity contribution in [3.8, 4) is 10.6 Å². The van der Waals surface area contributed by atoms with Crippen molar-refractivity contribution in [2.45, 2.75) is 38.0 Å². The number of cyclic esters (lactones) is 1. The van der Waals surface area contributed by atoms with E-state index in [0.717, 1.165) is 30.0 Å². The number of hydrogen-bond donors (Lipinski definition) is 1. The number of anilines is 2. The van der Waals surface area contributed by atoms with E-state index in [1.165, 1.54) is 17.4 Å². The molecule has 0 radical (unpaired) electrons. The highest BCUT2D eigenvalue weighted by atomic mass is 32.1. The summed E-state index contributed by atoms with van der Waals surface area (Å²) >= 11 is 1.27. The standard InChI is InChI=1S/C21H19F3N6O2S/c1-11(15-9-27-18(33-15)13-4-6-25-16(8-13)21(22,23)24)28-19-26-7-5-17(29-19)30-14(12-2-3-12)10-32-20(30)31/h4-9,11-12,14H,2-3,10H2,1H3,(H,26,28,29)/t11-,14?/m0/s1. The molecule has 2 fully saturated rings. The van der Waals surface area contributed by atoms with Gasteiger partial charge < -0.3 is 10.1 Å². The number of thiazole rings is 1. The first-order valence-electron chi connectivity index (χ1n) is 10.3. The van der Waals surface area contributed by atoms with Crippen LogP contribution in [0.25, 0.3) is 10.6 Å². The van der Waals surface area contributed by atoms with E-state index in [2.05, 4.69) is 25.3 Å². The molecule has 0 spiro atoms. The van der Waals surface area contributed by atoms with Gasteiger partial charge in [0.1, 0.15) is 23.1 Å².